The molecule has 4 aromatic rings. The predicted octanol–water partition coefficient (Wildman–Crippen LogP) is 4.62. The normalized spacial score (nSPS) is 19.0. The second kappa shape index (κ2) is 8.73. The highest BCUT2D eigenvalue weighted by atomic mass is 19.1. The molecule has 1 fully saturated rings. The second-order valence-electron chi connectivity index (χ2n) is 9.95. The zero-order valence-electron chi connectivity index (χ0n) is 20.3. The van der Waals surface area contributed by atoms with Crippen molar-refractivity contribution in [1.29, 1.82) is 0 Å². The highest BCUT2D eigenvalue weighted by Crippen LogP contribution is 2.44. The number of aromatic amines is 1. The first-order valence-electron chi connectivity index (χ1n) is 11.7. The van der Waals surface area contributed by atoms with Gasteiger partial charge in [-0.15, -0.1) is 0 Å². The number of nitrogens with zero attached hydrogens (tertiary/aromatic N) is 3. The molecular formula is C26H29FN4O4. The summed E-state index contributed by atoms with van der Waals surface area (Å²) in [5, 5.41) is 17.4. The molecule has 1 aromatic carbocycles. The molecule has 184 valence electrons. The molecule has 2 atom stereocenters. The lowest BCUT2D eigenvalue weighted by atomic mass is 9.81. The van der Waals surface area contributed by atoms with Crippen LogP contribution in [-0.4, -0.2) is 57.3 Å². The Hall–Kier alpha value is -3.30. The Bertz CT molecular complexity index is 1420. The summed E-state index contributed by atoms with van der Waals surface area (Å²) in [6.45, 7) is 6.69. The van der Waals surface area contributed by atoms with Crippen molar-refractivity contribution in [2.24, 2.45) is 0 Å². The van der Waals surface area contributed by atoms with Crippen molar-refractivity contribution in [3.05, 3.63) is 53.1 Å². The minimum absolute atomic E-state index is 0.0603. The number of hydrogen-bond donors (Lipinski definition) is 2. The van der Waals surface area contributed by atoms with Crippen LogP contribution in [0.5, 0.6) is 0 Å². The van der Waals surface area contributed by atoms with Gasteiger partial charge in [0.2, 0.25) is 0 Å². The minimum atomic E-state index is -0.940. The number of aryl methyl sites for hydroxylation is 1. The SMILES string of the molecule is COCC(C)(C)c1c([C@H]2CCC(C(=O)O)OC2)c2nc3[nH]ncc3cc2n1-c1ccc(F)c(C)c1. The third-order valence-electron chi connectivity index (χ3n) is 6.89. The number of carboxylic acid groups (broad SMARTS) is 1. The average molecular weight is 481 g/mol. The molecule has 8 nitrogen and oxygen atoms in total. The third-order valence-corrected chi connectivity index (χ3v) is 6.89. The number of carbonyl (C=O) groups is 1. The Morgan fingerprint density at radius 2 is 2.14 bits per heavy atom. The van der Waals surface area contributed by atoms with Crippen LogP contribution >= 0.6 is 0 Å². The molecule has 35 heavy (non-hydrogen) atoms. The molecule has 0 amide bonds. The number of fused-ring (bicyclic) bond motifs is 2. The molecule has 0 radical (unpaired) electrons. The zero-order chi connectivity index (χ0) is 24.9. The molecule has 1 unspecified atom stereocenters. The Balaban J connectivity index is 1.83. The number of H-pyrrole nitrogens is 1. The first kappa shape index (κ1) is 23.4. The number of hydrogen-bond acceptors (Lipinski definition) is 5. The summed E-state index contributed by atoms with van der Waals surface area (Å²) in [6, 6.07) is 7.13. The van der Waals surface area contributed by atoms with E-state index in [1.165, 1.54) is 6.07 Å². The van der Waals surface area contributed by atoms with E-state index in [9.17, 15) is 14.3 Å². The first-order valence-corrected chi connectivity index (χ1v) is 11.7. The van der Waals surface area contributed by atoms with Crippen LogP contribution < -0.4 is 0 Å². The van der Waals surface area contributed by atoms with Gasteiger partial charge in [0.25, 0.3) is 0 Å². The largest absolute Gasteiger partial charge is 0.479 e. The number of nitrogens with one attached hydrogen (secondary N) is 1. The number of benzene rings is 1. The van der Waals surface area contributed by atoms with Crippen molar-refractivity contribution in [1.82, 2.24) is 19.7 Å². The number of pyridine rings is 1. The number of aromatic nitrogens is 4. The molecule has 1 saturated heterocycles. The van der Waals surface area contributed by atoms with Gasteiger partial charge in [0.05, 0.1) is 30.4 Å². The van der Waals surface area contributed by atoms with E-state index in [0.29, 0.717) is 30.7 Å². The van der Waals surface area contributed by atoms with E-state index in [-0.39, 0.29) is 18.3 Å². The first-order chi connectivity index (χ1) is 16.7. The number of methoxy groups -OCH3 is 1. The summed E-state index contributed by atoms with van der Waals surface area (Å²) < 4.78 is 27.8. The molecule has 3 aromatic heterocycles. The standard InChI is InChI=1S/C26H29FN4O4/c1-14-9-17(6-7-18(14)27)31-19-10-16-11-28-30-24(16)29-22(19)21(23(31)26(2,3)13-34-4)15-5-8-20(25(32)33)35-12-15/h6-7,9-11,15,20H,5,8,12-13H2,1-4H3,(H,32,33)(H,28,29,30)/t15-,20?/m0/s1. The molecule has 0 saturated carbocycles. The number of rotatable bonds is 6. The van der Waals surface area contributed by atoms with Gasteiger partial charge in [0.15, 0.2) is 11.8 Å². The summed E-state index contributed by atoms with van der Waals surface area (Å²) in [7, 11) is 1.67. The van der Waals surface area contributed by atoms with Crippen LogP contribution in [0.25, 0.3) is 27.8 Å². The van der Waals surface area contributed by atoms with Gasteiger partial charge in [0, 0.05) is 40.8 Å². The number of ether oxygens (including phenoxy) is 2. The van der Waals surface area contributed by atoms with Crippen molar-refractivity contribution >= 4 is 28.0 Å². The summed E-state index contributed by atoms with van der Waals surface area (Å²) >= 11 is 0. The fourth-order valence-corrected chi connectivity index (χ4v) is 5.28. The van der Waals surface area contributed by atoms with E-state index in [2.05, 4.69) is 28.6 Å². The van der Waals surface area contributed by atoms with Crippen LogP contribution in [0.4, 0.5) is 4.39 Å². The van der Waals surface area contributed by atoms with Crippen molar-refractivity contribution < 1.29 is 23.8 Å². The van der Waals surface area contributed by atoms with E-state index < -0.39 is 17.5 Å². The second-order valence-corrected chi connectivity index (χ2v) is 9.95. The molecular weight excluding hydrogens is 451 g/mol. The minimum Gasteiger partial charge on any atom is -0.479 e. The molecule has 9 heteroatoms. The van der Waals surface area contributed by atoms with Crippen LogP contribution in [0, 0.1) is 12.7 Å². The summed E-state index contributed by atoms with van der Waals surface area (Å²) in [6.07, 6.45) is 1.99. The molecule has 5 rings (SSSR count). The van der Waals surface area contributed by atoms with Crippen LogP contribution in [0.15, 0.2) is 30.5 Å². The quantitative estimate of drug-likeness (QED) is 0.418. The lowest BCUT2D eigenvalue weighted by Crippen LogP contribution is -2.33. The van der Waals surface area contributed by atoms with Crippen LogP contribution in [0.2, 0.25) is 0 Å². The van der Waals surface area contributed by atoms with Gasteiger partial charge in [-0.3, -0.25) is 5.10 Å². The van der Waals surface area contributed by atoms with Gasteiger partial charge < -0.3 is 19.1 Å². The highest BCUT2D eigenvalue weighted by molar-refractivity contribution is 5.94. The van der Waals surface area contributed by atoms with Crippen molar-refractivity contribution in [2.75, 3.05) is 20.3 Å². The van der Waals surface area contributed by atoms with E-state index in [4.69, 9.17) is 14.5 Å². The summed E-state index contributed by atoms with van der Waals surface area (Å²) in [5.74, 6) is -1.27. The Morgan fingerprint density at radius 3 is 2.80 bits per heavy atom. The molecule has 1 aliphatic heterocycles. The smallest absolute Gasteiger partial charge is 0.332 e. The Kier molecular flexibility index (Phi) is 5.85. The van der Waals surface area contributed by atoms with Gasteiger partial charge in [0.1, 0.15) is 5.82 Å². The van der Waals surface area contributed by atoms with Gasteiger partial charge in [-0.2, -0.15) is 5.10 Å². The molecule has 1 aliphatic rings. The maximum Gasteiger partial charge on any atom is 0.332 e. The summed E-state index contributed by atoms with van der Waals surface area (Å²) in [4.78, 5) is 16.4. The van der Waals surface area contributed by atoms with Crippen LogP contribution in [-0.2, 0) is 19.7 Å². The van der Waals surface area contributed by atoms with E-state index in [1.807, 2.05) is 12.1 Å². The number of aliphatic carboxylic acids is 1. The maximum atomic E-state index is 14.2. The molecule has 0 spiro atoms. The van der Waals surface area contributed by atoms with Gasteiger partial charge in [-0.05, 0) is 49.6 Å². The zero-order valence-corrected chi connectivity index (χ0v) is 20.3. The monoisotopic (exact) mass is 480 g/mol. The van der Waals surface area contributed by atoms with Crippen molar-refractivity contribution in [3.63, 3.8) is 0 Å². The molecule has 0 aliphatic carbocycles. The van der Waals surface area contributed by atoms with Gasteiger partial charge in [-0.1, -0.05) is 13.8 Å². The fraction of sp³-hybridized carbons (Fsp3) is 0.423. The van der Waals surface area contributed by atoms with E-state index >= 15 is 0 Å². The Labute approximate surface area is 202 Å². The van der Waals surface area contributed by atoms with Gasteiger partial charge >= 0.3 is 5.97 Å². The third kappa shape index (κ3) is 3.98. The number of halogens is 1. The summed E-state index contributed by atoms with van der Waals surface area (Å²) in [5.41, 5.74) is 5.27. The molecule has 4 heterocycles. The van der Waals surface area contributed by atoms with Crippen molar-refractivity contribution in [3.8, 4) is 5.69 Å². The Morgan fingerprint density at radius 1 is 1.34 bits per heavy atom. The maximum absolute atomic E-state index is 14.2. The van der Waals surface area contributed by atoms with Crippen LogP contribution in [0.3, 0.4) is 0 Å². The van der Waals surface area contributed by atoms with E-state index in [1.54, 1.807) is 26.3 Å². The molecule has 0 bridgehead atoms. The van der Waals surface area contributed by atoms with E-state index in [0.717, 1.165) is 33.4 Å². The lowest BCUT2D eigenvalue weighted by Gasteiger charge is -2.32. The lowest BCUT2D eigenvalue weighted by molar-refractivity contribution is -0.153. The topological polar surface area (TPSA) is 102 Å². The molecule has 2 N–H and O–H groups in total. The fourth-order valence-electron chi connectivity index (χ4n) is 5.28. The average Bonchev–Trinajstić information content (AvgIpc) is 3.41. The predicted molar refractivity (Wildman–Crippen MR) is 130 cm³/mol. The van der Waals surface area contributed by atoms with Crippen molar-refractivity contribution in [2.45, 2.75) is 51.0 Å². The number of carboxylic acids is 1. The van der Waals surface area contributed by atoms with Crippen LogP contribution in [0.1, 0.15) is 49.4 Å². The van der Waals surface area contributed by atoms with Gasteiger partial charge in [-0.25, -0.2) is 14.2 Å². The highest BCUT2D eigenvalue weighted by Gasteiger charge is 2.38.